The summed E-state index contributed by atoms with van der Waals surface area (Å²) in [6.45, 7) is 2.12. The Morgan fingerprint density at radius 2 is 1.72 bits per heavy atom. The SMILES string of the molecule is Cc1ccc(C(Br)c2cc3ccccc3s2)cc1. The van der Waals surface area contributed by atoms with E-state index in [2.05, 4.69) is 77.5 Å². The Balaban J connectivity index is 2.00. The number of benzene rings is 2. The Kier molecular flexibility index (Phi) is 3.23. The second-order valence-electron chi connectivity index (χ2n) is 4.46. The van der Waals surface area contributed by atoms with Crippen molar-refractivity contribution in [2.75, 3.05) is 0 Å². The molecule has 0 aliphatic carbocycles. The fraction of sp³-hybridized carbons (Fsp3) is 0.125. The highest BCUT2D eigenvalue weighted by Crippen LogP contribution is 2.38. The summed E-state index contributed by atoms with van der Waals surface area (Å²) in [7, 11) is 0. The zero-order valence-electron chi connectivity index (χ0n) is 10.1. The lowest BCUT2D eigenvalue weighted by Crippen LogP contribution is -1.88. The first-order valence-corrected chi connectivity index (χ1v) is 7.66. The number of halogens is 1. The van der Waals surface area contributed by atoms with E-state index in [0.717, 1.165) is 0 Å². The Bertz CT molecular complexity index is 634. The van der Waals surface area contributed by atoms with Crippen LogP contribution in [0.4, 0.5) is 0 Å². The van der Waals surface area contributed by atoms with Crippen molar-refractivity contribution in [3.63, 3.8) is 0 Å². The predicted octanol–water partition coefficient (Wildman–Crippen LogP) is 5.69. The van der Waals surface area contributed by atoms with Crippen LogP contribution in [-0.4, -0.2) is 0 Å². The molecule has 0 nitrogen and oxygen atoms in total. The molecule has 3 rings (SSSR count). The van der Waals surface area contributed by atoms with E-state index in [1.54, 1.807) is 0 Å². The van der Waals surface area contributed by atoms with Crippen molar-refractivity contribution in [3.8, 4) is 0 Å². The van der Waals surface area contributed by atoms with Crippen LogP contribution in [0.3, 0.4) is 0 Å². The minimum atomic E-state index is 0.287. The second kappa shape index (κ2) is 4.87. The standard InChI is InChI=1S/C16H13BrS/c1-11-6-8-12(9-7-11)16(17)15-10-13-4-2-3-5-14(13)18-15/h2-10,16H,1H3. The largest absolute Gasteiger partial charge is 0.139 e. The Labute approximate surface area is 119 Å². The average Bonchev–Trinajstić information content (AvgIpc) is 2.82. The van der Waals surface area contributed by atoms with Gasteiger partial charge in [0.2, 0.25) is 0 Å². The summed E-state index contributed by atoms with van der Waals surface area (Å²) in [6.07, 6.45) is 0. The van der Waals surface area contributed by atoms with Crippen molar-refractivity contribution in [1.29, 1.82) is 0 Å². The van der Waals surface area contributed by atoms with Gasteiger partial charge in [-0.15, -0.1) is 11.3 Å². The maximum Gasteiger partial charge on any atom is 0.0738 e. The molecule has 0 radical (unpaired) electrons. The van der Waals surface area contributed by atoms with Crippen LogP contribution >= 0.6 is 27.3 Å². The molecule has 0 aliphatic rings. The number of alkyl halides is 1. The molecule has 0 saturated carbocycles. The first kappa shape index (κ1) is 11.9. The molecule has 0 N–H and O–H groups in total. The van der Waals surface area contributed by atoms with Gasteiger partial charge in [0.05, 0.1) is 4.83 Å². The zero-order chi connectivity index (χ0) is 12.5. The van der Waals surface area contributed by atoms with Gasteiger partial charge in [-0.25, -0.2) is 0 Å². The number of thiophene rings is 1. The van der Waals surface area contributed by atoms with E-state index in [1.807, 2.05) is 11.3 Å². The first-order chi connectivity index (χ1) is 8.74. The van der Waals surface area contributed by atoms with Crippen molar-refractivity contribution < 1.29 is 0 Å². The fourth-order valence-corrected chi connectivity index (χ4v) is 3.82. The van der Waals surface area contributed by atoms with Gasteiger partial charge < -0.3 is 0 Å². The molecule has 2 aromatic carbocycles. The normalized spacial score (nSPS) is 12.8. The second-order valence-corrected chi connectivity index (χ2v) is 6.49. The van der Waals surface area contributed by atoms with Crippen LogP contribution in [0.2, 0.25) is 0 Å². The molecule has 0 amide bonds. The summed E-state index contributed by atoms with van der Waals surface area (Å²) in [5, 5.41) is 1.33. The lowest BCUT2D eigenvalue weighted by molar-refractivity contribution is 1.22. The number of rotatable bonds is 2. The summed E-state index contributed by atoms with van der Waals surface area (Å²) in [5.74, 6) is 0. The summed E-state index contributed by atoms with van der Waals surface area (Å²) >= 11 is 5.66. The van der Waals surface area contributed by atoms with Gasteiger partial charge in [-0.05, 0) is 30.0 Å². The topological polar surface area (TPSA) is 0 Å². The minimum Gasteiger partial charge on any atom is -0.139 e. The van der Waals surface area contributed by atoms with Gasteiger partial charge in [0.15, 0.2) is 0 Å². The summed E-state index contributed by atoms with van der Waals surface area (Å²) in [6, 6.07) is 19.5. The van der Waals surface area contributed by atoms with Crippen LogP contribution in [-0.2, 0) is 0 Å². The lowest BCUT2D eigenvalue weighted by Gasteiger charge is -2.07. The number of aryl methyl sites for hydroxylation is 1. The molecule has 0 spiro atoms. The van der Waals surface area contributed by atoms with Gasteiger partial charge in [0, 0.05) is 9.58 Å². The van der Waals surface area contributed by atoms with Crippen LogP contribution in [0, 0.1) is 6.92 Å². The first-order valence-electron chi connectivity index (χ1n) is 5.93. The molecule has 90 valence electrons. The van der Waals surface area contributed by atoms with E-state index in [0.29, 0.717) is 0 Å². The highest BCUT2D eigenvalue weighted by Gasteiger charge is 2.13. The molecule has 0 aliphatic heterocycles. The molecule has 3 aromatic rings. The molecule has 18 heavy (non-hydrogen) atoms. The van der Waals surface area contributed by atoms with E-state index in [4.69, 9.17) is 0 Å². The monoisotopic (exact) mass is 316 g/mol. The molecule has 1 aromatic heterocycles. The molecule has 2 heteroatoms. The van der Waals surface area contributed by atoms with Crippen LogP contribution in [0.15, 0.2) is 54.6 Å². The fourth-order valence-electron chi connectivity index (χ4n) is 2.03. The molecular weight excluding hydrogens is 304 g/mol. The Hall–Kier alpha value is -1.12. The Morgan fingerprint density at radius 3 is 2.44 bits per heavy atom. The zero-order valence-corrected chi connectivity index (χ0v) is 12.5. The van der Waals surface area contributed by atoms with Gasteiger partial charge in [-0.3, -0.25) is 0 Å². The van der Waals surface area contributed by atoms with E-state index < -0.39 is 0 Å². The van der Waals surface area contributed by atoms with Gasteiger partial charge in [0.1, 0.15) is 0 Å². The van der Waals surface area contributed by atoms with Gasteiger partial charge in [-0.2, -0.15) is 0 Å². The van der Waals surface area contributed by atoms with E-state index >= 15 is 0 Å². The van der Waals surface area contributed by atoms with Gasteiger partial charge >= 0.3 is 0 Å². The third-order valence-electron chi connectivity index (χ3n) is 3.06. The number of fused-ring (bicyclic) bond motifs is 1. The molecule has 0 saturated heterocycles. The van der Waals surface area contributed by atoms with Crippen molar-refractivity contribution >= 4 is 37.4 Å². The highest BCUT2D eigenvalue weighted by molar-refractivity contribution is 9.09. The third kappa shape index (κ3) is 2.23. The average molecular weight is 317 g/mol. The van der Waals surface area contributed by atoms with E-state index in [1.165, 1.54) is 26.1 Å². The molecule has 1 atom stereocenters. The van der Waals surface area contributed by atoms with Crippen molar-refractivity contribution in [2.45, 2.75) is 11.8 Å². The predicted molar refractivity (Wildman–Crippen MR) is 83.8 cm³/mol. The highest BCUT2D eigenvalue weighted by atomic mass is 79.9. The summed E-state index contributed by atoms with van der Waals surface area (Å²) in [4.78, 5) is 1.65. The molecular formula is C16H13BrS. The van der Waals surface area contributed by atoms with Crippen LogP contribution in [0.25, 0.3) is 10.1 Å². The number of hydrogen-bond donors (Lipinski definition) is 0. The Morgan fingerprint density at radius 1 is 1.00 bits per heavy atom. The van der Waals surface area contributed by atoms with Gasteiger partial charge in [-0.1, -0.05) is 64.0 Å². The quantitative estimate of drug-likeness (QED) is 0.532. The smallest absolute Gasteiger partial charge is 0.0738 e. The number of hydrogen-bond acceptors (Lipinski definition) is 1. The maximum absolute atomic E-state index is 3.81. The van der Waals surface area contributed by atoms with Crippen LogP contribution in [0.1, 0.15) is 20.8 Å². The van der Waals surface area contributed by atoms with Crippen molar-refractivity contribution in [2.24, 2.45) is 0 Å². The van der Waals surface area contributed by atoms with Crippen LogP contribution < -0.4 is 0 Å². The molecule has 1 heterocycles. The maximum atomic E-state index is 3.81. The molecule has 0 fully saturated rings. The summed E-state index contributed by atoms with van der Waals surface area (Å²) < 4.78 is 1.35. The van der Waals surface area contributed by atoms with E-state index in [9.17, 15) is 0 Å². The lowest BCUT2D eigenvalue weighted by atomic mass is 10.1. The van der Waals surface area contributed by atoms with Crippen molar-refractivity contribution in [3.05, 3.63) is 70.6 Å². The minimum absolute atomic E-state index is 0.287. The van der Waals surface area contributed by atoms with Crippen LogP contribution in [0.5, 0.6) is 0 Å². The van der Waals surface area contributed by atoms with Crippen molar-refractivity contribution in [1.82, 2.24) is 0 Å². The third-order valence-corrected chi connectivity index (χ3v) is 5.57. The molecule has 1 unspecified atom stereocenters. The summed E-state index contributed by atoms with van der Waals surface area (Å²) in [5.41, 5.74) is 2.61. The van der Waals surface area contributed by atoms with Gasteiger partial charge in [0.25, 0.3) is 0 Å². The molecule has 0 bridgehead atoms. The van der Waals surface area contributed by atoms with E-state index in [-0.39, 0.29) is 4.83 Å².